The number of hydrogen-bond acceptors (Lipinski definition) is 5. The van der Waals surface area contributed by atoms with Gasteiger partial charge >= 0.3 is 0 Å². The molecule has 0 aliphatic rings. The molecule has 0 saturated carbocycles. The van der Waals surface area contributed by atoms with Crippen molar-refractivity contribution in [2.75, 3.05) is 0 Å². The van der Waals surface area contributed by atoms with Crippen LogP contribution in [0.15, 0.2) is 58.0 Å². The van der Waals surface area contributed by atoms with Gasteiger partial charge in [0.1, 0.15) is 23.3 Å². The second-order valence-electron chi connectivity index (χ2n) is 8.59. The van der Waals surface area contributed by atoms with Crippen LogP contribution in [-0.4, -0.2) is 30.2 Å². The first-order valence-electron chi connectivity index (χ1n) is 11.3. The number of nitrogens with zero attached hydrogens (tertiary/aromatic N) is 1. The van der Waals surface area contributed by atoms with Crippen molar-refractivity contribution in [1.29, 1.82) is 0 Å². The molecule has 2 atom stereocenters. The van der Waals surface area contributed by atoms with E-state index in [1.165, 1.54) is 12.3 Å². The van der Waals surface area contributed by atoms with Gasteiger partial charge in [-0.1, -0.05) is 60.3 Å². The Morgan fingerprint density at radius 2 is 1.65 bits per heavy atom. The van der Waals surface area contributed by atoms with Crippen molar-refractivity contribution < 1.29 is 18.7 Å². The Labute approximate surface area is 235 Å². The lowest BCUT2D eigenvalue weighted by atomic mass is 10.0. The maximum atomic E-state index is 12.8. The number of carbonyl (C=O) groups excluding carboxylic acids is 2. The first kappa shape index (κ1) is 28.9. The third-order valence-corrected chi connectivity index (χ3v) is 6.19. The normalized spacial score (nSPS) is 13.0. The third-order valence-electron chi connectivity index (χ3n) is 5.09. The number of rotatable bonds is 10. The summed E-state index contributed by atoms with van der Waals surface area (Å²) in [5.41, 5.74) is 3.08. The fraction of sp³-hybridized carbons (Fsp3) is 0.269. The molecule has 3 rings (SSSR count). The van der Waals surface area contributed by atoms with Crippen molar-refractivity contribution >= 4 is 64.4 Å². The monoisotopic (exact) mass is 583 g/mol. The molecule has 0 saturated heterocycles. The molecule has 11 heteroatoms. The highest BCUT2D eigenvalue weighted by atomic mass is 35.5. The molecular weight excluding hydrogens is 560 g/mol. The summed E-state index contributed by atoms with van der Waals surface area (Å²) in [6.07, 6.45) is 0.826. The van der Waals surface area contributed by atoms with Gasteiger partial charge in [0, 0.05) is 15.6 Å². The van der Waals surface area contributed by atoms with Crippen molar-refractivity contribution in [2.24, 2.45) is 11.0 Å². The van der Waals surface area contributed by atoms with Crippen LogP contribution in [0.4, 0.5) is 0 Å². The molecule has 2 amide bonds. The predicted molar refractivity (Wildman–Crippen MR) is 148 cm³/mol. The Balaban J connectivity index is 1.62. The molecule has 3 aromatic rings. The standard InChI is InChI=1S/C26H25Cl4N3O4/c1-14(2)10-22(32-25(34)15(3)36-24-8-5-17(28)12-21(24)30)26(35)33-31-13-18-6-9-23(37-18)19-11-16(27)4-7-20(19)29/h4-9,11-15,22H,10H2,1-3H3,(H,32,34)(H,33,35)/b31-13-/t15-,22+/m1/s1. The summed E-state index contributed by atoms with van der Waals surface area (Å²) in [4.78, 5) is 25.6. The zero-order valence-corrected chi connectivity index (χ0v) is 23.3. The first-order chi connectivity index (χ1) is 17.5. The fourth-order valence-corrected chi connectivity index (χ4v) is 4.13. The molecule has 0 bridgehead atoms. The smallest absolute Gasteiger partial charge is 0.262 e. The molecule has 0 aliphatic carbocycles. The summed E-state index contributed by atoms with van der Waals surface area (Å²) in [5.74, 6) is 0.347. The molecule has 1 heterocycles. The van der Waals surface area contributed by atoms with E-state index in [0.717, 1.165) is 0 Å². The van der Waals surface area contributed by atoms with Crippen LogP contribution in [0.1, 0.15) is 33.0 Å². The van der Waals surface area contributed by atoms with E-state index in [1.54, 1.807) is 49.4 Å². The van der Waals surface area contributed by atoms with Crippen molar-refractivity contribution in [3.05, 3.63) is 74.4 Å². The molecule has 37 heavy (non-hydrogen) atoms. The highest BCUT2D eigenvalue weighted by Gasteiger charge is 2.25. The Hall–Kier alpha value is -2.71. The maximum Gasteiger partial charge on any atom is 0.262 e. The molecule has 0 spiro atoms. The molecule has 0 unspecified atom stereocenters. The second kappa shape index (κ2) is 13.2. The Kier molecular flexibility index (Phi) is 10.3. The minimum absolute atomic E-state index is 0.122. The first-order valence-corrected chi connectivity index (χ1v) is 12.8. The van der Waals surface area contributed by atoms with Gasteiger partial charge in [-0.25, -0.2) is 5.43 Å². The number of ether oxygens (including phenoxy) is 1. The second-order valence-corrected chi connectivity index (χ2v) is 10.3. The summed E-state index contributed by atoms with van der Waals surface area (Å²) in [6.45, 7) is 5.44. The largest absolute Gasteiger partial charge is 0.479 e. The lowest BCUT2D eigenvalue weighted by molar-refractivity contribution is -0.132. The quantitative estimate of drug-likeness (QED) is 0.198. The minimum atomic E-state index is -0.913. The molecule has 0 fully saturated rings. The minimum Gasteiger partial charge on any atom is -0.479 e. The SMILES string of the molecule is CC(C)C[C@H](NC(=O)[C@@H](C)Oc1ccc(Cl)cc1Cl)C(=O)N/N=C\c1ccc(-c2cc(Cl)ccc2Cl)o1. The average molecular weight is 585 g/mol. The number of benzene rings is 2. The van der Waals surface area contributed by atoms with E-state index >= 15 is 0 Å². The van der Waals surface area contributed by atoms with Crippen LogP contribution in [-0.2, 0) is 9.59 Å². The van der Waals surface area contributed by atoms with E-state index in [4.69, 9.17) is 55.6 Å². The van der Waals surface area contributed by atoms with E-state index in [9.17, 15) is 9.59 Å². The van der Waals surface area contributed by atoms with Crippen molar-refractivity contribution in [2.45, 2.75) is 39.3 Å². The molecule has 0 radical (unpaired) electrons. The van der Waals surface area contributed by atoms with Crippen LogP contribution in [0, 0.1) is 5.92 Å². The van der Waals surface area contributed by atoms with E-state index in [-0.39, 0.29) is 10.9 Å². The van der Waals surface area contributed by atoms with Gasteiger partial charge in [-0.2, -0.15) is 5.10 Å². The van der Waals surface area contributed by atoms with Crippen LogP contribution in [0.25, 0.3) is 11.3 Å². The van der Waals surface area contributed by atoms with Gasteiger partial charge in [0.25, 0.3) is 11.8 Å². The zero-order chi connectivity index (χ0) is 27.1. The third kappa shape index (κ3) is 8.40. The van der Waals surface area contributed by atoms with Crippen molar-refractivity contribution in [1.82, 2.24) is 10.7 Å². The Morgan fingerprint density at radius 3 is 2.35 bits per heavy atom. The van der Waals surface area contributed by atoms with Gasteiger partial charge in [0.05, 0.1) is 16.3 Å². The molecule has 2 aromatic carbocycles. The Bertz CT molecular complexity index is 1290. The summed E-state index contributed by atoms with van der Waals surface area (Å²) >= 11 is 24.3. The van der Waals surface area contributed by atoms with Crippen LogP contribution in [0.3, 0.4) is 0 Å². The molecular formula is C26H25Cl4N3O4. The number of nitrogens with one attached hydrogen (secondary N) is 2. The number of halogens is 4. The van der Waals surface area contributed by atoms with E-state index in [1.807, 2.05) is 13.8 Å². The number of carbonyl (C=O) groups is 2. The van der Waals surface area contributed by atoms with Crippen LogP contribution in [0.5, 0.6) is 5.75 Å². The zero-order valence-electron chi connectivity index (χ0n) is 20.2. The number of hydrogen-bond donors (Lipinski definition) is 2. The fourth-order valence-electron chi connectivity index (χ4n) is 3.30. The van der Waals surface area contributed by atoms with Gasteiger partial charge in [0.2, 0.25) is 0 Å². The van der Waals surface area contributed by atoms with Crippen LogP contribution >= 0.6 is 46.4 Å². The molecule has 0 aliphatic heterocycles. The number of furan rings is 1. The lowest BCUT2D eigenvalue weighted by Gasteiger charge is -2.22. The number of amides is 2. The van der Waals surface area contributed by atoms with Gasteiger partial charge in [0.15, 0.2) is 6.10 Å². The van der Waals surface area contributed by atoms with Crippen molar-refractivity contribution in [3.63, 3.8) is 0 Å². The average Bonchev–Trinajstić information content (AvgIpc) is 3.30. The molecule has 7 nitrogen and oxygen atoms in total. The summed E-state index contributed by atoms with van der Waals surface area (Å²) in [6, 6.07) is 12.3. The summed E-state index contributed by atoms with van der Waals surface area (Å²) in [7, 11) is 0. The summed E-state index contributed by atoms with van der Waals surface area (Å²) in [5, 5.41) is 8.41. The van der Waals surface area contributed by atoms with E-state index < -0.39 is 24.0 Å². The van der Waals surface area contributed by atoms with Crippen molar-refractivity contribution in [3.8, 4) is 17.1 Å². The molecule has 1 aromatic heterocycles. The number of hydrazone groups is 1. The highest BCUT2D eigenvalue weighted by Crippen LogP contribution is 2.31. The van der Waals surface area contributed by atoms with Gasteiger partial charge in [-0.05, 0) is 67.8 Å². The van der Waals surface area contributed by atoms with Crippen LogP contribution in [0.2, 0.25) is 20.1 Å². The van der Waals surface area contributed by atoms with E-state index in [2.05, 4.69) is 15.8 Å². The van der Waals surface area contributed by atoms with Gasteiger partial charge < -0.3 is 14.5 Å². The molecule has 196 valence electrons. The lowest BCUT2D eigenvalue weighted by Crippen LogP contribution is -2.49. The van der Waals surface area contributed by atoms with E-state index in [0.29, 0.717) is 44.3 Å². The predicted octanol–water partition coefficient (Wildman–Crippen LogP) is 7.01. The topological polar surface area (TPSA) is 92.9 Å². The maximum absolute atomic E-state index is 12.8. The molecule has 2 N–H and O–H groups in total. The van der Waals surface area contributed by atoms with Crippen LogP contribution < -0.4 is 15.5 Å². The van der Waals surface area contributed by atoms with Gasteiger partial charge in [-0.15, -0.1) is 0 Å². The highest BCUT2D eigenvalue weighted by molar-refractivity contribution is 6.36. The summed E-state index contributed by atoms with van der Waals surface area (Å²) < 4.78 is 11.4. The van der Waals surface area contributed by atoms with Gasteiger partial charge in [-0.3, -0.25) is 9.59 Å². The Morgan fingerprint density at radius 1 is 0.946 bits per heavy atom.